The molecule has 0 saturated carbocycles. The first-order valence-electron chi connectivity index (χ1n) is 5.15. The molecule has 0 aliphatic heterocycles. The van der Waals surface area contributed by atoms with Gasteiger partial charge >= 0.3 is 5.97 Å². The van der Waals surface area contributed by atoms with E-state index in [9.17, 15) is 4.79 Å². The molecule has 0 saturated heterocycles. The van der Waals surface area contributed by atoms with Crippen LogP contribution < -0.4 is 0 Å². The van der Waals surface area contributed by atoms with Crippen LogP contribution >= 0.6 is 23.2 Å². The van der Waals surface area contributed by atoms with E-state index in [0.29, 0.717) is 11.3 Å². The van der Waals surface area contributed by atoms with Gasteiger partial charge in [0.15, 0.2) is 5.69 Å². The SMILES string of the molecule is Cc1ncn(C(Cl)(Cl)c2ccccc2)c1C(=O)O. The molecule has 0 aliphatic carbocycles. The standard InChI is InChI=1S/C12H10Cl2N2O2/c1-8-10(11(17)18)16(7-15-8)12(13,14)9-5-3-2-4-6-9/h2-7H,1H3,(H,17,18). The zero-order valence-electron chi connectivity index (χ0n) is 9.47. The van der Waals surface area contributed by atoms with E-state index in [4.69, 9.17) is 28.3 Å². The molecule has 2 rings (SSSR count). The van der Waals surface area contributed by atoms with Crippen LogP contribution in [0.4, 0.5) is 0 Å². The summed E-state index contributed by atoms with van der Waals surface area (Å²) in [5, 5.41) is 9.17. The molecular weight excluding hydrogens is 275 g/mol. The molecule has 0 bridgehead atoms. The van der Waals surface area contributed by atoms with Gasteiger partial charge in [-0.25, -0.2) is 9.78 Å². The van der Waals surface area contributed by atoms with Crippen molar-refractivity contribution in [3.63, 3.8) is 0 Å². The molecule has 1 aromatic heterocycles. The average molecular weight is 285 g/mol. The van der Waals surface area contributed by atoms with E-state index in [1.807, 2.05) is 6.07 Å². The third-order valence-electron chi connectivity index (χ3n) is 2.58. The van der Waals surface area contributed by atoms with Gasteiger partial charge in [0.25, 0.3) is 0 Å². The summed E-state index contributed by atoms with van der Waals surface area (Å²) >= 11 is 12.5. The molecule has 0 atom stereocenters. The number of aryl methyl sites for hydroxylation is 1. The highest BCUT2D eigenvalue weighted by Gasteiger charge is 2.33. The third-order valence-corrected chi connectivity index (χ3v) is 3.38. The Morgan fingerprint density at radius 2 is 1.94 bits per heavy atom. The van der Waals surface area contributed by atoms with E-state index in [-0.39, 0.29) is 5.69 Å². The van der Waals surface area contributed by atoms with Gasteiger partial charge in [-0.15, -0.1) is 0 Å². The van der Waals surface area contributed by atoms with Crippen LogP contribution in [0.5, 0.6) is 0 Å². The van der Waals surface area contributed by atoms with Crippen LogP contribution in [-0.2, 0) is 4.46 Å². The quantitative estimate of drug-likeness (QED) is 0.882. The summed E-state index contributed by atoms with van der Waals surface area (Å²) in [5.41, 5.74) is 0.918. The fourth-order valence-corrected chi connectivity index (χ4v) is 2.19. The Bertz CT molecular complexity index is 579. The number of carboxylic acids is 1. The van der Waals surface area contributed by atoms with Gasteiger partial charge in [0.1, 0.15) is 0 Å². The molecule has 1 N–H and O–H groups in total. The van der Waals surface area contributed by atoms with Gasteiger partial charge in [-0.05, 0) is 6.92 Å². The second kappa shape index (κ2) is 4.63. The molecule has 94 valence electrons. The van der Waals surface area contributed by atoms with Crippen LogP contribution in [0.1, 0.15) is 21.7 Å². The van der Waals surface area contributed by atoms with Gasteiger partial charge in [-0.3, -0.25) is 4.57 Å². The van der Waals surface area contributed by atoms with Crippen molar-refractivity contribution in [2.45, 2.75) is 11.4 Å². The van der Waals surface area contributed by atoms with Gasteiger partial charge in [0, 0.05) is 5.56 Å². The number of aromatic nitrogens is 2. The largest absolute Gasteiger partial charge is 0.477 e. The van der Waals surface area contributed by atoms with Crippen molar-refractivity contribution in [1.29, 1.82) is 0 Å². The van der Waals surface area contributed by atoms with Gasteiger partial charge in [-0.1, -0.05) is 53.5 Å². The van der Waals surface area contributed by atoms with Crippen LogP contribution in [0, 0.1) is 6.92 Å². The number of carboxylic acid groups (broad SMARTS) is 1. The minimum atomic E-state index is -1.50. The Morgan fingerprint density at radius 3 is 2.50 bits per heavy atom. The van der Waals surface area contributed by atoms with E-state index < -0.39 is 10.4 Å². The average Bonchev–Trinajstić information content (AvgIpc) is 2.73. The summed E-state index contributed by atoms with van der Waals surface area (Å²) in [6.45, 7) is 1.59. The lowest BCUT2D eigenvalue weighted by Crippen LogP contribution is -2.25. The summed E-state index contributed by atoms with van der Waals surface area (Å²) in [6, 6.07) is 8.82. The van der Waals surface area contributed by atoms with Gasteiger partial charge in [-0.2, -0.15) is 0 Å². The molecule has 0 spiro atoms. The maximum absolute atomic E-state index is 11.2. The first kappa shape index (κ1) is 12.9. The van der Waals surface area contributed by atoms with Gasteiger partial charge in [0.2, 0.25) is 4.46 Å². The highest BCUT2D eigenvalue weighted by Crippen LogP contribution is 2.37. The number of hydrogen-bond acceptors (Lipinski definition) is 2. The number of benzene rings is 1. The normalized spacial score (nSPS) is 11.5. The maximum Gasteiger partial charge on any atom is 0.354 e. The third kappa shape index (κ3) is 2.09. The fourth-order valence-electron chi connectivity index (χ4n) is 1.69. The van der Waals surface area contributed by atoms with Crippen molar-refractivity contribution >= 4 is 29.2 Å². The molecule has 0 unspecified atom stereocenters. The minimum absolute atomic E-state index is 0.0242. The predicted molar refractivity (Wildman–Crippen MR) is 69.1 cm³/mol. The van der Waals surface area contributed by atoms with Crippen LogP contribution in [0.25, 0.3) is 0 Å². The van der Waals surface area contributed by atoms with Crippen molar-refractivity contribution in [1.82, 2.24) is 9.55 Å². The number of halogens is 2. The molecule has 1 heterocycles. The van der Waals surface area contributed by atoms with Crippen LogP contribution in [0.3, 0.4) is 0 Å². The van der Waals surface area contributed by atoms with E-state index in [2.05, 4.69) is 4.98 Å². The predicted octanol–water partition coefficient (Wildman–Crippen LogP) is 3.03. The second-order valence-electron chi connectivity index (χ2n) is 3.76. The summed E-state index contributed by atoms with van der Waals surface area (Å²) in [6.07, 6.45) is 1.33. The Hall–Kier alpha value is -1.52. The number of imidazole rings is 1. The molecular formula is C12H10Cl2N2O2. The molecule has 6 heteroatoms. The summed E-state index contributed by atoms with van der Waals surface area (Å²) in [4.78, 5) is 15.1. The smallest absolute Gasteiger partial charge is 0.354 e. The van der Waals surface area contributed by atoms with Gasteiger partial charge in [0.05, 0.1) is 12.0 Å². The lowest BCUT2D eigenvalue weighted by Gasteiger charge is -2.23. The number of aromatic carboxylic acids is 1. The first-order valence-corrected chi connectivity index (χ1v) is 5.91. The molecule has 2 aromatic rings. The zero-order chi connectivity index (χ0) is 13.3. The number of alkyl halides is 2. The maximum atomic E-state index is 11.2. The summed E-state index contributed by atoms with van der Waals surface area (Å²) < 4.78 is -0.265. The number of rotatable bonds is 3. The van der Waals surface area contributed by atoms with Gasteiger partial charge < -0.3 is 5.11 Å². The minimum Gasteiger partial charge on any atom is -0.477 e. The number of carbonyl (C=O) groups is 1. The Balaban J connectivity index is 2.58. The second-order valence-corrected chi connectivity index (χ2v) is 5.05. The monoisotopic (exact) mass is 284 g/mol. The highest BCUT2D eigenvalue weighted by atomic mass is 35.5. The van der Waals surface area contributed by atoms with E-state index in [0.717, 1.165) is 0 Å². The molecule has 0 radical (unpaired) electrons. The van der Waals surface area contributed by atoms with Crippen LogP contribution in [0.2, 0.25) is 0 Å². The number of hydrogen-bond donors (Lipinski definition) is 1. The van der Waals surface area contributed by atoms with Crippen molar-refractivity contribution < 1.29 is 9.90 Å². The molecule has 4 nitrogen and oxygen atoms in total. The Labute approximate surface area is 114 Å². The van der Waals surface area contributed by atoms with Crippen molar-refractivity contribution in [2.75, 3.05) is 0 Å². The molecule has 1 aromatic carbocycles. The Morgan fingerprint density at radius 1 is 1.33 bits per heavy atom. The Kier molecular flexibility index (Phi) is 3.32. The fraction of sp³-hybridized carbons (Fsp3) is 0.167. The lowest BCUT2D eigenvalue weighted by molar-refractivity contribution is 0.0683. The summed E-state index contributed by atoms with van der Waals surface area (Å²) in [5.74, 6) is -1.12. The molecule has 0 amide bonds. The van der Waals surface area contributed by atoms with E-state index in [1.54, 1.807) is 31.2 Å². The highest BCUT2D eigenvalue weighted by molar-refractivity contribution is 6.48. The van der Waals surface area contributed by atoms with E-state index in [1.165, 1.54) is 10.9 Å². The lowest BCUT2D eigenvalue weighted by atomic mass is 10.2. The zero-order valence-corrected chi connectivity index (χ0v) is 11.0. The number of nitrogens with zero attached hydrogens (tertiary/aromatic N) is 2. The molecule has 18 heavy (non-hydrogen) atoms. The van der Waals surface area contributed by atoms with Crippen molar-refractivity contribution in [3.05, 3.63) is 53.6 Å². The molecule has 0 fully saturated rings. The van der Waals surface area contributed by atoms with Crippen LogP contribution in [0.15, 0.2) is 36.7 Å². The molecule has 0 aliphatic rings. The summed E-state index contributed by atoms with van der Waals surface area (Å²) in [7, 11) is 0. The topological polar surface area (TPSA) is 55.1 Å². The van der Waals surface area contributed by atoms with Crippen molar-refractivity contribution in [3.8, 4) is 0 Å². The van der Waals surface area contributed by atoms with E-state index >= 15 is 0 Å². The van der Waals surface area contributed by atoms with Crippen molar-refractivity contribution in [2.24, 2.45) is 0 Å². The first-order chi connectivity index (χ1) is 8.44. The van der Waals surface area contributed by atoms with Crippen LogP contribution in [-0.4, -0.2) is 20.6 Å².